The summed E-state index contributed by atoms with van der Waals surface area (Å²) in [7, 11) is 1.58. The predicted octanol–water partition coefficient (Wildman–Crippen LogP) is 2.56. The minimum atomic E-state index is -0.350. The Hall–Kier alpha value is -3.32. The standard InChI is InChI=1S/C22H23N3O4/c1-28-20-9-5-3-7-17(20)23-21(26)15-24-10-12-25(13-11-24)18-14-22(27)29-19-8-4-2-6-16(18)19/h2-9,14H,10-13,15H2,1H3,(H,23,26). The molecular weight excluding hydrogens is 370 g/mol. The highest BCUT2D eigenvalue weighted by molar-refractivity contribution is 5.93. The van der Waals surface area contributed by atoms with E-state index < -0.39 is 0 Å². The lowest BCUT2D eigenvalue weighted by molar-refractivity contribution is -0.117. The van der Waals surface area contributed by atoms with E-state index in [0.717, 1.165) is 37.3 Å². The number of nitrogens with one attached hydrogen (secondary N) is 1. The van der Waals surface area contributed by atoms with Gasteiger partial charge in [0.2, 0.25) is 5.91 Å². The van der Waals surface area contributed by atoms with Gasteiger partial charge in [0, 0.05) is 37.6 Å². The smallest absolute Gasteiger partial charge is 0.338 e. The fourth-order valence-electron chi connectivity index (χ4n) is 3.64. The van der Waals surface area contributed by atoms with E-state index in [4.69, 9.17) is 9.15 Å². The van der Waals surface area contributed by atoms with Gasteiger partial charge < -0.3 is 19.4 Å². The summed E-state index contributed by atoms with van der Waals surface area (Å²) in [6.45, 7) is 3.23. The number of methoxy groups -OCH3 is 1. The monoisotopic (exact) mass is 393 g/mol. The van der Waals surface area contributed by atoms with Gasteiger partial charge in [-0.25, -0.2) is 4.79 Å². The Morgan fingerprint density at radius 2 is 1.79 bits per heavy atom. The number of para-hydroxylation sites is 3. The van der Waals surface area contributed by atoms with Crippen LogP contribution in [-0.4, -0.2) is 50.6 Å². The van der Waals surface area contributed by atoms with Crippen LogP contribution in [-0.2, 0) is 4.79 Å². The van der Waals surface area contributed by atoms with E-state index in [1.54, 1.807) is 19.2 Å². The highest BCUT2D eigenvalue weighted by atomic mass is 16.5. The lowest BCUT2D eigenvalue weighted by Crippen LogP contribution is -2.48. The molecule has 1 aliphatic heterocycles. The van der Waals surface area contributed by atoms with Crippen molar-refractivity contribution in [2.24, 2.45) is 0 Å². The molecule has 7 nitrogen and oxygen atoms in total. The van der Waals surface area contributed by atoms with Crippen LogP contribution in [0.15, 0.2) is 63.8 Å². The number of rotatable bonds is 5. The van der Waals surface area contributed by atoms with Crippen molar-refractivity contribution in [3.05, 3.63) is 65.0 Å². The molecule has 1 aromatic heterocycles. The summed E-state index contributed by atoms with van der Waals surface area (Å²) >= 11 is 0. The maximum atomic E-state index is 12.4. The SMILES string of the molecule is COc1ccccc1NC(=O)CN1CCN(c2cc(=O)oc3ccccc23)CC1. The zero-order valence-corrected chi connectivity index (χ0v) is 16.3. The Morgan fingerprint density at radius 3 is 2.59 bits per heavy atom. The molecule has 4 rings (SSSR count). The number of hydrogen-bond acceptors (Lipinski definition) is 6. The van der Waals surface area contributed by atoms with Gasteiger partial charge in [-0.05, 0) is 24.3 Å². The first-order valence-corrected chi connectivity index (χ1v) is 9.57. The molecule has 2 aromatic carbocycles. The van der Waals surface area contributed by atoms with Gasteiger partial charge in [-0.2, -0.15) is 0 Å². The largest absolute Gasteiger partial charge is 0.495 e. The molecule has 1 fully saturated rings. The molecule has 1 aliphatic rings. The van der Waals surface area contributed by atoms with Crippen molar-refractivity contribution in [3.8, 4) is 5.75 Å². The molecule has 0 bridgehead atoms. The number of amides is 1. The molecule has 0 unspecified atom stereocenters. The Kier molecular flexibility index (Phi) is 5.48. The molecule has 1 N–H and O–H groups in total. The van der Waals surface area contributed by atoms with Gasteiger partial charge in [0.15, 0.2) is 0 Å². The third-order valence-corrected chi connectivity index (χ3v) is 5.09. The number of carbonyl (C=O) groups is 1. The van der Waals surface area contributed by atoms with Crippen LogP contribution in [0.25, 0.3) is 11.0 Å². The molecule has 0 radical (unpaired) electrons. The minimum absolute atomic E-state index is 0.0752. The van der Waals surface area contributed by atoms with Gasteiger partial charge in [0.25, 0.3) is 0 Å². The second-order valence-corrected chi connectivity index (χ2v) is 6.96. The Morgan fingerprint density at radius 1 is 1.07 bits per heavy atom. The van der Waals surface area contributed by atoms with E-state index in [2.05, 4.69) is 15.1 Å². The fraction of sp³-hybridized carbons (Fsp3) is 0.273. The van der Waals surface area contributed by atoms with Gasteiger partial charge in [-0.3, -0.25) is 9.69 Å². The molecule has 2 heterocycles. The van der Waals surface area contributed by atoms with Gasteiger partial charge in [0.05, 0.1) is 25.0 Å². The van der Waals surface area contributed by atoms with Crippen LogP contribution in [0.5, 0.6) is 5.75 Å². The zero-order chi connectivity index (χ0) is 20.2. The highest BCUT2D eigenvalue weighted by Gasteiger charge is 2.21. The molecule has 0 spiro atoms. The summed E-state index contributed by atoms with van der Waals surface area (Å²) in [4.78, 5) is 28.6. The third-order valence-electron chi connectivity index (χ3n) is 5.09. The first-order valence-electron chi connectivity index (χ1n) is 9.57. The molecule has 1 saturated heterocycles. The van der Waals surface area contributed by atoms with Crippen LogP contribution in [0.3, 0.4) is 0 Å². The van der Waals surface area contributed by atoms with E-state index in [-0.39, 0.29) is 11.5 Å². The number of benzene rings is 2. The molecular formula is C22H23N3O4. The zero-order valence-electron chi connectivity index (χ0n) is 16.3. The molecule has 29 heavy (non-hydrogen) atoms. The molecule has 150 valence electrons. The number of ether oxygens (including phenoxy) is 1. The quantitative estimate of drug-likeness (QED) is 0.672. The number of anilines is 2. The summed E-state index contributed by atoms with van der Waals surface area (Å²) in [6, 6.07) is 16.5. The van der Waals surface area contributed by atoms with E-state index >= 15 is 0 Å². The van der Waals surface area contributed by atoms with Crippen molar-refractivity contribution in [1.82, 2.24) is 4.90 Å². The lowest BCUT2D eigenvalue weighted by Gasteiger charge is -2.36. The summed E-state index contributed by atoms with van der Waals surface area (Å²) in [5.41, 5.74) is 1.79. The number of hydrogen-bond donors (Lipinski definition) is 1. The van der Waals surface area contributed by atoms with Crippen molar-refractivity contribution in [1.29, 1.82) is 0 Å². The molecule has 7 heteroatoms. The fourth-order valence-corrected chi connectivity index (χ4v) is 3.64. The number of carbonyl (C=O) groups excluding carboxylic acids is 1. The Balaban J connectivity index is 1.39. The van der Waals surface area contributed by atoms with E-state index in [0.29, 0.717) is 23.6 Å². The van der Waals surface area contributed by atoms with Crippen molar-refractivity contribution in [3.63, 3.8) is 0 Å². The van der Waals surface area contributed by atoms with Crippen molar-refractivity contribution < 1.29 is 13.9 Å². The molecule has 0 atom stereocenters. The van der Waals surface area contributed by atoms with E-state index in [1.807, 2.05) is 42.5 Å². The summed E-state index contributed by atoms with van der Waals surface area (Å²) < 4.78 is 10.6. The van der Waals surface area contributed by atoms with Crippen molar-refractivity contribution in [2.75, 3.05) is 50.1 Å². The summed E-state index contributed by atoms with van der Waals surface area (Å²) in [5.74, 6) is 0.564. The average molecular weight is 393 g/mol. The van der Waals surface area contributed by atoms with Gasteiger partial charge >= 0.3 is 5.63 Å². The summed E-state index contributed by atoms with van der Waals surface area (Å²) in [6.07, 6.45) is 0. The lowest BCUT2D eigenvalue weighted by atomic mass is 10.1. The number of nitrogens with zero attached hydrogens (tertiary/aromatic N) is 2. The van der Waals surface area contributed by atoms with Gasteiger partial charge in [-0.1, -0.05) is 24.3 Å². The Labute approximate surface area is 168 Å². The second kappa shape index (κ2) is 8.36. The third kappa shape index (κ3) is 4.25. The van der Waals surface area contributed by atoms with Gasteiger partial charge in [0.1, 0.15) is 11.3 Å². The molecule has 3 aromatic rings. The van der Waals surface area contributed by atoms with Crippen LogP contribution in [0.1, 0.15) is 0 Å². The van der Waals surface area contributed by atoms with Crippen LogP contribution >= 0.6 is 0 Å². The summed E-state index contributed by atoms with van der Waals surface area (Å²) in [5, 5.41) is 3.84. The van der Waals surface area contributed by atoms with E-state index in [9.17, 15) is 9.59 Å². The molecule has 1 amide bonds. The predicted molar refractivity (Wildman–Crippen MR) is 113 cm³/mol. The normalized spacial score (nSPS) is 14.7. The maximum Gasteiger partial charge on any atom is 0.338 e. The number of fused-ring (bicyclic) bond motifs is 1. The maximum absolute atomic E-state index is 12.4. The average Bonchev–Trinajstić information content (AvgIpc) is 2.74. The second-order valence-electron chi connectivity index (χ2n) is 6.96. The molecule has 0 aliphatic carbocycles. The van der Waals surface area contributed by atoms with Crippen LogP contribution in [0.4, 0.5) is 11.4 Å². The first-order chi connectivity index (χ1) is 14.1. The van der Waals surface area contributed by atoms with Crippen molar-refractivity contribution >= 4 is 28.3 Å². The van der Waals surface area contributed by atoms with Crippen LogP contribution in [0.2, 0.25) is 0 Å². The van der Waals surface area contributed by atoms with Gasteiger partial charge in [-0.15, -0.1) is 0 Å². The first kappa shape index (κ1) is 19.0. The van der Waals surface area contributed by atoms with E-state index in [1.165, 1.54) is 0 Å². The topological polar surface area (TPSA) is 75.0 Å². The minimum Gasteiger partial charge on any atom is -0.495 e. The van der Waals surface area contributed by atoms with Crippen molar-refractivity contribution in [2.45, 2.75) is 0 Å². The van der Waals surface area contributed by atoms with Crippen LogP contribution < -0.4 is 20.6 Å². The number of piperazine rings is 1. The van der Waals surface area contributed by atoms with Crippen LogP contribution in [0, 0.1) is 0 Å². The highest BCUT2D eigenvalue weighted by Crippen LogP contribution is 2.26. The Bertz CT molecular complexity index is 1070. The molecule has 0 saturated carbocycles.